The fourth-order valence-corrected chi connectivity index (χ4v) is 2.71. The van der Waals surface area contributed by atoms with E-state index >= 15 is 0 Å². The summed E-state index contributed by atoms with van der Waals surface area (Å²) in [7, 11) is 0. The fourth-order valence-electron chi connectivity index (χ4n) is 2.08. The summed E-state index contributed by atoms with van der Waals surface area (Å²) in [4.78, 5) is 25.0. The second-order valence-electron chi connectivity index (χ2n) is 5.06. The molecule has 2 rings (SSSR count). The first-order valence-electron chi connectivity index (χ1n) is 7.27. The van der Waals surface area contributed by atoms with E-state index in [1.165, 1.54) is 0 Å². The zero-order valence-corrected chi connectivity index (χ0v) is 14.4. The molecular formula is C18H18ClNO2S. The number of amides is 1. The first-order chi connectivity index (χ1) is 11.1. The van der Waals surface area contributed by atoms with Crippen molar-refractivity contribution in [2.45, 2.75) is 24.3 Å². The summed E-state index contributed by atoms with van der Waals surface area (Å²) in [6, 6.07) is 14.8. The molecule has 0 aliphatic rings. The van der Waals surface area contributed by atoms with Gasteiger partial charge >= 0.3 is 0 Å². The van der Waals surface area contributed by atoms with Crippen molar-refractivity contribution in [3.63, 3.8) is 0 Å². The molecule has 120 valence electrons. The van der Waals surface area contributed by atoms with Gasteiger partial charge in [-0.2, -0.15) is 0 Å². The Kier molecular flexibility index (Phi) is 6.68. The van der Waals surface area contributed by atoms with Crippen LogP contribution in [0.2, 0.25) is 5.02 Å². The lowest BCUT2D eigenvalue weighted by Crippen LogP contribution is -2.23. The van der Waals surface area contributed by atoms with Gasteiger partial charge in [0, 0.05) is 34.9 Å². The summed E-state index contributed by atoms with van der Waals surface area (Å²) < 4.78 is 0. The Labute approximate surface area is 145 Å². The van der Waals surface area contributed by atoms with Crippen molar-refractivity contribution in [1.82, 2.24) is 5.32 Å². The molecule has 0 spiro atoms. The van der Waals surface area contributed by atoms with Gasteiger partial charge in [-0.15, -0.1) is 11.8 Å². The van der Waals surface area contributed by atoms with E-state index in [4.69, 9.17) is 11.6 Å². The van der Waals surface area contributed by atoms with Gasteiger partial charge in [0.15, 0.2) is 5.78 Å². The standard InChI is InChI=1S/C18H18ClNO2S/c1-23-16-7-5-14(6-8-16)17(21)9-10-18(22)20-12-13-3-2-4-15(19)11-13/h2-8,11H,9-10,12H2,1H3,(H,20,22). The quantitative estimate of drug-likeness (QED) is 0.598. The lowest BCUT2D eigenvalue weighted by atomic mass is 10.1. The lowest BCUT2D eigenvalue weighted by Gasteiger charge is -2.06. The van der Waals surface area contributed by atoms with Gasteiger partial charge in [-0.05, 0) is 36.1 Å². The number of ketones is 1. The molecule has 0 radical (unpaired) electrons. The van der Waals surface area contributed by atoms with Gasteiger partial charge in [-0.3, -0.25) is 9.59 Å². The SMILES string of the molecule is CSc1ccc(C(=O)CCC(=O)NCc2cccc(Cl)c2)cc1. The molecule has 0 heterocycles. The number of carbonyl (C=O) groups excluding carboxylic acids is 2. The summed E-state index contributed by atoms with van der Waals surface area (Å²) in [6.45, 7) is 0.413. The number of hydrogen-bond donors (Lipinski definition) is 1. The van der Waals surface area contributed by atoms with Gasteiger partial charge in [0.25, 0.3) is 0 Å². The number of rotatable bonds is 7. The molecule has 23 heavy (non-hydrogen) atoms. The van der Waals surface area contributed by atoms with Gasteiger partial charge in [-0.25, -0.2) is 0 Å². The van der Waals surface area contributed by atoms with Crippen molar-refractivity contribution < 1.29 is 9.59 Å². The zero-order valence-electron chi connectivity index (χ0n) is 12.8. The van der Waals surface area contributed by atoms with Gasteiger partial charge in [0.05, 0.1) is 0 Å². The minimum absolute atomic E-state index is 0.0180. The van der Waals surface area contributed by atoms with E-state index < -0.39 is 0 Å². The normalized spacial score (nSPS) is 10.3. The molecule has 0 fully saturated rings. The highest BCUT2D eigenvalue weighted by atomic mass is 35.5. The molecular weight excluding hydrogens is 330 g/mol. The van der Waals surface area contributed by atoms with E-state index in [1.54, 1.807) is 36.0 Å². The van der Waals surface area contributed by atoms with Crippen LogP contribution in [0.25, 0.3) is 0 Å². The molecule has 0 bridgehead atoms. The van der Waals surface area contributed by atoms with Crippen LogP contribution in [0.5, 0.6) is 0 Å². The number of nitrogens with one attached hydrogen (secondary N) is 1. The molecule has 0 aliphatic heterocycles. The van der Waals surface area contributed by atoms with Crippen LogP contribution in [-0.4, -0.2) is 17.9 Å². The predicted molar refractivity (Wildman–Crippen MR) is 95.1 cm³/mol. The van der Waals surface area contributed by atoms with Crippen molar-refractivity contribution in [1.29, 1.82) is 0 Å². The largest absolute Gasteiger partial charge is 0.352 e. The van der Waals surface area contributed by atoms with E-state index in [0.29, 0.717) is 17.1 Å². The number of carbonyl (C=O) groups is 2. The van der Waals surface area contributed by atoms with Crippen LogP contribution in [0.3, 0.4) is 0 Å². The monoisotopic (exact) mass is 347 g/mol. The number of halogens is 1. The molecule has 2 aromatic carbocycles. The average molecular weight is 348 g/mol. The third-order valence-corrected chi connectivity index (χ3v) is 4.35. The topological polar surface area (TPSA) is 46.2 Å². The third-order valence-electron chi connectivity index (χ3n) is 3.37. The second-order valence-corrected chi connectivity index (χ2v) is 6.37. The van der Waals surface area contributed by atoms with Crippen molar-refractivity contribution in [3.8, 4) is 0 Å². The third kappa shape index (κ3) is 5.73. The van der Waals surface area contributed by atoms with Crippen LogP contribution >= 0.6 is 23.4 Å². The number of hydrogen-bond acceptors (Lipinski definition) is 3. The summed E-state index contributed by atoms with van der Waals surface area (Å²) in [6.07, 6.45) is 2.38. The van der Waals surface area contributed by atoms with Gasteiger partial charge in [0.1, 0.15) is 0 Å². The van der Waals surface area contributed by atoms with E-state index in [1.807, 2.05) is 30.5 Å². The lowest BCUT2D eigenvalue weighted by molar-refractivity contribution is -0.121. The van der Waals surface area contributed by atoms with Crippen molar-refractivity contribution in [2.75, 3.05) is 6.26 Å². The first kappa shape index (κ1) is 17.6. The highest BCUT2D eigenvalue weighted by Crippen LogP contribution is 2.16. The predicted octanol–water partition coefficient (Wildman–Crippen LogP) is 4.34. The Bertz CT molecular complexity index is 686. The Balaban J connectivity index is 1.78. The molecule has 0 unspecified atom stereocenters. The van der Waals surface area contributed by atoms with Crippen LogP contribution < -0.4 is 5.32 Å². The van der Waals surface area contributed by atoms with Crippen LogP contribution in [0.4, 0.5) is 0 Å². The number of thioether (sulfide) groups is 1. The minimum Gasteiger partial charge on any atom is -0.352 e. The minimum atomic E-state index is -0.140. The summed E-state index contributed by atoms with van der Waals surface area (Å²) in [5.41, 5.74) is 1.58. The van der Waals surface area contributed by atoms with Crippen molar-refractivity contribution in [3.05, 3.63) is 64.7 Å². The summed E-state index contributed by atoms with van der Waals surface area (Å²) >= 11 is 7.52. The number of benzene rings is 2. The molecule has 0 saturated heterocycles. The molecule has 5 heteroatoms. The summed E-state index contributed by atoms with van der Waals surface area (Å²) in [5, 5.41) is 3.44. The van der Waals surface area contributed by atoms with Gasteiger partial charge in [0.2, 0.25) is 5.91 Å². The van der Waals surface area contributed by atoms with E-state index in [-0.39, 0.29) is 24.5 Å². The smallest absolute Gasteiger partial charge is 0.220 e. The Morgan fingerprint density at radius 3 is 2.48 bits per heavy atom. The highest BCUT2D eigenvalue weighted by molar-refractivity contribution is 7.98. The maximum Gasteiger partial charge on any atom is 0.220 e. The fraction of sp³-hybridized carbons (Fsp3) is 0.222. The van der Waals surface area contributed by atoms with Gasteiger partial charge < -0.3 is 5.32 Å². The number of Topliss-reactive ketones (excluding diaryl/α,β-unsaturated/α-hetero) is 1. The van der Waals surface area contributed by atoms with E-state index in [0.717, 1.165) is 10.5 Å². The van der Waals surface area contributed by atoms with Crippen LogP contribution in [-0.2, 0) is 11.3 Å². The summed E-state index contributed by atoms with van der Waals surface area (Å²) in [5.74, 6) is -0.158. The maximum absolute atomic E-state index is 12.1. The Morgan fingerprint density at radius 2 is 1.83 bits per heavy atom. The zero-order chi connectivity index (χ0) is 16.7. The molecule has 1 amide bonds. The molecule has 0 saturated carbocycles. The average Bonchev–Trinajstić information content (AvgIpc) is 2.58. The Morgan fingerprint density at radius 1 is 1.09 bits per heavy atom. The van der Waals surface area contributed by atoms with E-state index in [2.05, 4.69) is 5.32 Å². The highest BCUT2D eigenvalue weighted by Gasteiger charge is 2.09. The molecule has 2 aromatic rings. The van der Waals surface area contributed by atoms with E-state index in [9.17, 15) is 9.59 Å². The molecule has 1 N–H and O–H groups in total. The van der Waals surface area contributed by atoms with Crippen molar-refractivity contribution in [2.24, 2.45) is 0 Å². The molecule has 0 aliphatic carbocycles. The van der Waals surface area contributed by atoms with Crippen LogP contribution in [0, 0.1) is 0 Å². The second kappa shape index (κ2) is 8.75. The van der Waals surface area contributed by atoms with Crippen molar-refractivity contribution >= 4 is 35.1 Å². The first-order valence-corrected chi connectivity index (χ1v) is 8.87. The molecule has 0 aromatic heterocycles. The van der Waals surface area contributed by atoms with Gasteiger partial charge in [-0.1, -0.05) is 35.9 Å². The maximum atomic E-state index is 12.1. The van der Waals surface area contributed by atoms with Crippen LogP contribution in [0.1, 0.15) is 28.8 Å². The molecule has 3 nitrogen and oxygen atoms in total. The Hall–Kier alpha value is -1.78. The van der Waals surface area contributed by atoms with Crippen LogP contribution in [0.15, 0.2) is 53.4 Å². The molecule has 0 atom stereocenters.